The Morgan fingerprint density at radius 1 is 1.27 bits per heavy atom. The lowest BCUT2D eigenvalue weighted by Crippen LogP contribution is -2.37. The molecule has 1 aromatic rings. The Balaban J connectivity index is 2.04. The summed E-state index contributed by atoms with van der Waals surface area (Å²) in [6.45, 7) is 2.13. The predicted molar refractivity (Wildman–Crippen MR) is 99.8 cm³/mol. The summed E-state index contributed by atoms with van der Waals surface area (Å²) in [5.41, 5.74) is 0.767. The van der Waals surface area contributed by atoms with Gasteiger partial charge >= 0.3 is 0 Å². The van der Waals surface area contributed by atoms with Crippen molar-refractivity contribution in [3.63, 3.8) is 0 Å². The smallest absolute Gasteiger partial charge is 0.243 e. The Kier molecular flexibility index (Phi) is 6.84. The number of hydrogen-bond donors (Lipinski definition) is 2. The highest BCUT2D eigenvalue weighted by Gasteiger charge is 2.19. The summed E-state index contributed by atoms with van der Waals surface area (Å²) in [5, 5.41) is 2.72. The van der Waals surface area contributed by atoms with Gasteiger partial charge in [-0.05, 0) is 31.9 Å². The highest BCUT2D eigenvalue weighted by molar-refractivity contribution is 7.92. The molecule has 2 N–H and O–H groups in total. The zero-order valence-corrected chi connectivity index (χ0v) is 15.9. The molecule has 2 rings (SSSR count). The topological polar surface area (TPSA) is 105 Å². The molecule has 0 bridgehead atoms. The molecule has 2 amide bonds. The summed E-state index contributed by atoms with van der Waals surface area (Å²) >= 11 is 0. The van der Waals surface area contributed by atoms with E-state index in [1.165, 1.54) is 26.2 Å². The number of carbonyl (C=O) groups is 2. The number of likely N-dealkylation sites (tertiary alicyclic amines) is 1. The molecule has 0 aliphatic carbocycles. The maximum atomic E-state index is 12.2. The Labute approximate surface area is 153 Å². The number of sulfonamides is 1. The van der Waals surface area contributed by atoms with Gasteiger partial charge in [-0.3, -0.25) is 14.3 Å². The molecule has 0 spiro atoms. The van der Waals surface area contributed by atoms with Gasteiger partial charge in [0, 0.05) is 24.7 Å². The van der Waals surface area contributed by atoms with Crippen LogP contribution in [0, 0.1) is 0 Å². The van der Waals surface area contributed by atoms with Crippen molar-refractivity contribution in [3.05, 3.63) is 18.2 Å². The fourth-order valence-corrected chi connectivity index (χ4v) is 3.32. The van der Waals surface area contributed by atoms with Gasteiger partial charge < -0.3 is 15.0 Å². The van der Waals surface area contributed by atoms with Crippen LogP contribution in [0.25, 0.3) is 0 Å². The number of carbonyl (C=O) groups excluding carboxylic acids is 2. The van der Waals surface area contributed by atoms with Gasteiger partial charge in [0.25, 0.3) is 0 Å². The average molecular weight is 383 g/mol. The first-order valence-electron chi connectivity index (χ1n) is 8.61. The van der Waals surface area contributed by atoms with E-state index in [-0.39, 0.29) is 24.1 Å². The lowest BCUT2D eigenvalue weighted by atomic mass is 10.2. The van der Waals surface area contributed by atoms with Crippen molar-refractivity contribution in [2.75, 3.05) is 36.0 Å². The fraction of sp³-hybridized carbons (Fsp3) is 0.529. The molecule has 26 heavy (non-hydrogen) atoms. The van der Waals surface area contributed by atoms with Crippen LogP contribution in [0.5, 0.6) is 5.75 Å². The number of ether oxygens (including phenoxy) is 1. The molecular formula is C17H25N3O5S. The Hall–Kier alpha value is -2.29. The molecule has 1 aliphatic rings. The summed E-state index contributed by atoms with van der Waals surface area (Å²) in [4.78, 5) is 25.8. The molecular weight excluding hydrogens is 358 g/mol. The normalized spacial score (nSPS) is 15.3. The third kappa shape index (κ3) is 5.62. The zero-order valence-electron chi connectivity index (χ0n) is 15.1. The minimum Gasteiger partial charge on any atom is -0.494 e. The van der Waals surface area contributed by atoms with Crippen LogP contribution >= 0.6 is 0 Å². The first-order chi connectivity index (χ1) is 12.3. The first kappa shape index (κ1) is 20.0. The number of benzene rings is 1. The van der Waals surface area contributed by atoms with Gasteiger partial charge in [0.2, 0.25) is 21.8 Å². The Morgan fingerprint density at radius 2 is 2.04 bits per heavy atom. The van der Waals surface area contributed by atoms with Crippen LogP contribution in [0.1, 0.15) is 32.6 Å². The van der Waals surface area contributed by atoms with Crippen molar-refractivity contribution in [1.29, 1.82) is 0 Å². The van der Waals surface area contributed by atoms with Crippen molar-refractivity contribution in [2.45, 2.75) is 32.6 Å². The second kappa shape index (κ2) is 8.88. The minimum atomic E-state index is -3.43. The van der Waals surface area contributed by atoms with Crippen molar-refractivity contribution in [2.24, 2.45) is 0 Å². The molecule has 8 nitrogen and oxygen atoms in total. The third-order valence-corrected chi connectivity index (χ3v) is 5.43. The second-order valence-electron chi connectivity index (χ2n) is 6.09. The van der Waals surface area contributed by atoms with Gasteiger partial charge in [-0.25, -0.2) is 8.42 Å². The van der Waals surface area contributed by atoms with Crippen molar-refractivity contribution >= 4 is 33.2 Å². The van der Waals surface area contributed by atoms with Gasteiger partial charge in [-0.15, -0.1) is 0 Å². The Bertz CT molecular complexity index is 764. The predicted octanol–water partition coefficient (Wildman–Crippen LogP) is 1.80. The summed E-state index contributed by atoms with van der Waals surface area (Å²) < 4.78 is 31.0. The van der Waals surface area contributed by atoms with Crippen LogP contribution < -0.4 is 14.8 Å². The van der Waals surface area contributed by atoms with Crippen LogP contribution in [0.3, 0.4) is 0 Å². The number of nitrogens with zero attached hydrogens (tertiary/aromatic N) is 1. The van der Waals surface area contributed by atoms with Gasteiger partial charge in [-0.2, -0.15) is 0 Å². The van der Waals surface area contributed by atoms with E-state index in [0.29, 0.717) is 30.1 Å². The molecule has 1 aliphatic heterocycles. The number of amides is 2. The average Bonchev–Trinajstić information content (AvgIpc) is 2.80. The monoisotopic (exact) mass is 383 g/mol. The van der Waals surface area contributed by atoms with Gasteiger partial charge in [0.05, 0.1) is 25.1 Å². The molecule has 9 heteroatoms. The van der Waals surface area contributed by atoms with E-state index in [0.717, 1.165) is 19.3 Å². The molecule has 0 aromatic heterocycles. The SMILES string of the molecule is CCS(=O)(=O)Nc1ccc(NC(=O)CN2CCCCCC2=O)cc1OC. The number of methoxy groups -OCH3 is 1. The quantitative estimate of drug-likeness (QED) is 0.747. The molecule has 1 aromatic carbocycles. The van der Waals surface area contributed by atoms with E-state index in [2.05, 4.69) is 10.0 Å². The molecule has 0 unspecified atom stereocenters. The van der Waals surface area contributed by atoms with E-state index in [4.69, 9.17) is 4.74 Å². The van der Waals surface area contributed by atoms with E-state index in [1.54, 1.807) is 11.0 Å². The number of nitrogens with one attached hydrogen (secondary N) is 2. The molecule has 0 atom stereocenters. The zero-order chi connectivity index (χ0) is 19.2. The first-order valence-corrected chi connectivity index (χ1v) is 10.3. The highest BCUT2D eigenvalue weighted by atomic mass is 32.2. The standard InChI is InChI=1S/C17H25N3O5S/c1-3-26(23,24)19-14-9-8-13(11-15(14)25-2)18-16(21)12-20-10-6-4-5-7-17(20)22/h8-9,11,19H,3-7,10,12H2,1-2H3,(H,18,21). The largest absolute Gasteiger partial charge is 0.494 e. The van der Waals surface area contributed by atoms with Crippen molar-refractivity contribution in [3.8, 4) is 5.75 Å². The van der Waals surface area contributed by atoms with E-state index < -0.39 is 10.0 Å². The van der Waals surface area contributed by atoms with Crippen molar-refractivity contribution < 1.29 is 22.7 Å². The van der Waals surface area contributed by atoms with Crippen LogP contribution in [0.2, 0.25) is 0 Å². The lowest BCUT2D eigenvalue weighted by molar-refractivity contribution is -0.134. The molecule has 0 radical (unpaired) electrons. The molecule has 1 heterocycles. The fourth-order valence-electron chi connectivity index (χ4n) is 2.67. The minimum absolute atomic E-state index is 0.000416. The summed E-state index contributed by atoms with van der Waals surface area (Å²) in [6, 6.07) is 4.65. The van der Waals surface area contributed by atoms with Crippen LogP contribution in [-0.4, -0.2) is 51.1 Å². The van der Waals surface area contributed by atoms with Gasteiger partial charge in [0.1, 0.15) is 5.75 Å². The summed E-state index contributed by atoms with van der Waals surface area (Å²) in [5.74, 6) is -0.0622. The maximum absolute atomic E-state index is 12.2. The van der Waals surface area contributed by atoms with E-state index in [1.807, 2.05) is 0 Å². The molecule has 1 saturated heterocycles. The van der Waals surface area contributed by atoms with Gasteiger partial charge in [0.15, 0.2) is 0 Å². The third-order valence-electron chi connectivity index (χ3n) is 4.14. The van der Waals surface area contributed by atoms with E-state index >= 15 is 0 Å². The molecule has 144 valence electrons. The number of rotatable bonds is 7. The lowest BCUT2D eigenvalue weighted by Gasteiger charge is -2.20. The summed E-state index contributed by atoms with van der Waals surface area (Å²) in [7, 11) is -2.01. The maximum Gasteiger partial charge on any atom is 0.243 e. The molecule has 0 saturated carbocycles. The number of hydrogen-bond acceptors (Lipinski definition) is 5. The van der Waals surface area contributed by atoms with Crippen LogP contribution in [0.15, 0.2) is 18.2 Å². The Morgan fingerprint density at radius 3 is 2.73 bits per heavy atom. The van der Waals surface area contributed by atoms with E-state index in [9.17, 15) is 18.0 Å². The van der Waals surface area contributed by atoms with Crippen LogP contribution in [0.4, 0.5) is 11.4 Å². The summed E-state index contributed by atoms with van der Waals surface area (Å²) in [6.07, 6.45) is 3.24. The van der Waals surface area contributed by atoms with Crippen LogP contribution in [-0.2, 0) is 19.6 Å². The molecule has 1 fully saturated rings. The number of anilines is 2. The highest BCUT2D eigenvalue weighted by Crippen LogP contribution is 2.29. The second-order valence-corrected chi connectivity index (χ2v) is 8.11. The van der Waals surface area contributed by atoms with Crippen molar-refractivity contribution in [1.82, 2.24) is 4.90 Å². The van der Waals surface area contributed by atoms with Gasteiger partial charge in [-0.1, -0.05) is 6.42 Å².